The van der Waals surface area contributed by atoms with Gasteiger partial charge in [0.05, 0.1) is 16.3 Å². The van der Waals surface area contributed by atoms with Gasteiger partial charge in [0, 0.05) is 17.4 Å². The Morgan fingerprint density at radius 1 is 1.12 bits per heavy atom. The van der Waals surface area contributed by atoms with E-state index >= 15 is 0 Å². The smallest absolute Gasteiger partial charge is 0.258 e. The van der Waals surface area contributed by atoms with Gasteiger partial charge in [-0.2, -0.15) is 0 Å². The number of hydrogen-bond acceptors (Lipinski definition) is 2. The molecule has 26 heavy (non-hydrogen) atoms. The number of carbonyl (C=O) groups is 1. The van der Waals surface area contributed by atoms with Crippen LogP contribution in [0, 0.1) is 5.82 Å². The maximum atomic E-state index is 14.5. The average Bonchev–Trinajstić information content (AvgIpc) is 2.62. The quantitative estimate of drug-likeness (QED) is 0.621. The number of hydrogen-bond donors (Lipinski definition) is 1. The topological polar surface area (TPSA) is 42.0 Å². The Kier molecular flexibility index (Phi) is 5.33. The van der Waals surface area contributed by atoms with Crippen LogP contribution >= 0.6 is 11.6 Å². The number of pyridine rings is 1. The second-order valence-corrected chi connectivity index (χ2v) is 6.67. The number of halogens is 2. The van der Waals surface area contributed by atoms with Crippen LogP contribution in [0.4, 0.5) is 10.1 Å². The van der Waals surface area contributed by atoms with Crippen molar-refractivity contribution in [3.63, 3.8) is 0 Å². The van der Waals surface area contributed by atoms with E-state index in [2.05, 4.69) is 24.1 Å². The van der Waals surface area contributed by atoms with Crippen LogP contribution in [0.5, 0.6) is 0 Å². The van der Waals surface area contributed by atoms with Gasteiger partial charge >= 0.3 is 0 Å². The Balaban J connectivity index is 1.81. The molecule has 3 aromatic rings. The van der Waals surface area contributed by atoms with Crippen LogP contribution in [-0.2, 0) is 0 Å². The molecule has 1 amide bonds. The fourth-order valence-electron chi connectivity index (χ4n) is 2.59. The largest absolute Gasteiger partial charge is 0.322 e. The zero-order valence-corrected chi connectivity index (χ0v) is 15.2. The summed E-state index contributed by atoms with van der Waals surface area (Å²) in [7, 11) is 0. The summed E-state index contributed by atoms with van der Waals surface area (Å²) < 4.78 is 14.5. The lowest BCUT2D eigenvalue weighted by Crippen LogP contribution is -2.13. The molecule has 2 aromatic carbocycles. The molecule has 0 aliphatic carbocycles. The lowest BCUT2D eigenvalue weighted by Gasteiger charge is -2.10. The highest BCUT2D eigenvalue weighted by Gasteiger charge is 2.14. The van der Waals surface area contributed by atoms with Crippen molar-refractivity contribution in [2.45, 2.75) is 19.8 Å². The molecule has 0 atom stereocenters. The minimum atomic E-state index is -0.625. The van der Waals surface area contributed by atoms with Crippen LogP contribution in [0.3, 0.4) is 0 Å². The van der Waals surface area contributed by atoms with Gasteiger partial charge in [-0.1, -0.05) is 43.6 Å². The Bertz CT molecular complexity index is 939. The van der Waals surface area contributed by atoms with E-state index in [0.717, 1.165) is 0 Å². The molecule has 0 aliphatic heterocycles. The zero-order chi connectivity index (χ0) is 18.7. The van der Waals surface area contributed by atoms with Crippen molar-refractivity contribution in [2.24, 2.45) is 0 Å². The lowest BCUT2D eigenvalue weighted by molar-refractivity contribution is 0.102. The van der Waals surface area contributed by atoms with E-state index in [1.165, 1.54) is 17.7 Å². The van der Waals surface area contributed by atoms with E-state index in [1.807, 2.05) is 24.3 Å². The van der Waals surface area contributed by atoms with Crippen LogP contribution in [0.25, 0.3) is 11.3 Å². The van der Waals surface area contributed by atoms with Crippen molar-refractivity contribution in [3.8, 4) is 11.3 Å². The molecule has 0 aliphatic rings. The first-order valence-electron chi connectivity index (χ1n) is 8.27. The van der Waals surface area contributed by atoms with Gasteiger partial charge < -0.3 is 5.32 Å². The van der Waals surface area contributed by atoms with Crippen molar-refractivity contribution in [2.75, 3.05) is 5.32 Å². The van der Waals surface area contributed by atoms with E-state index in [0.29, 0.717) is 27.9 Å². The minimum absolute atomic E-state index is 0.0336. The minimum Gasteiger partial charge on any atom is -0.322 e. The van der Waals surface area contributed by atoms with Gasteiger partial charge in [0.25, 0.3) is 5.91 Å². The van der Waals surface area contributed by atoms with Crippen molar-refractivity contribution in [1.82, 2.24) is 4.98 Å². The maximum Gasteiger partial charge on any atom is 0.258 e. The summed E-state index contributed by atoms with van der Waals surface area (Å²) in [6, 6.07) is 15.2. The molecule has 0 spiro atoms. The van der Waals surface area contributed by atoms with Crippen molar-refractivity contribution in [1.29, 1.82) is 0 Å². The number of amides is 1. The predicted octanol–water partition coefficient (Wildman–Crippen LogP) is 5.92. The molecule has 3 rings (SSSR count). The Morgan fingerprint density at radius 2 is 1.85 bits per heavy atom. The van der Waals surface area contributed by atoms with E-state index < -0.39 is 11.7 Å². The summed E-state index contributed by atoms with van der Waals surface area (Å²) >= 11 is 6.09. The Hall–Kier alpha value is -2.72. The summed E-state index contributed by atoms with van der Waals surface area (Å²) in [4.78, 5) is 16.5. The summed E-state index contributed by atoms with van der Waals surface area (Å²) in [6.07, 6.45) is 1.58. The number of rotatable bonds is 4. The third-order valence-electron chi connectivity index (χ3n) is 4.08. The summed E-state index contributed by atoms with van der Waals surface area (Å²) in [6.45, 7) is 4.19. The van der Waals surface area contributed by atoms with Crippen molar-refractivity contribution >= 4 is 23.2 Å². The van der Waals surface area contributed by atoms with Crippen molar-refractivity contribution in [3.05, 3.63) is 82.8 Å². The molecule has 0 fully saturated rings. The second kappa shape index (κ2) is 7.67. The highest BCUT2D eigenvalue weighted by atomic mass is 35.5. The maximum absolute atomic E-state index is 14.5. The molecule has 0 saturated heterocycles. The Morgan fingerprint density at radius 3 is 2.46 bits per heavy atom. The molecular formula is C21H18ClFN2O. The van der Waals surface area contributed by atoms with Crippen LogP contribution in [0.15, 0.2) is 60.8 Å². The standard InChI is InChI=1S/C21H18ClFN2O/c1-13(2)14-5-8-16(9-6-14)25-21(26)17-10-7-15(12-19(17)23)20-18(22)4-3-11-24-20/h3-13H,1-2H3,(H,25,26). The molecule has 0 saturated carbocycles. The molecule has 0 bridgehead atoms. The molecule has 5 heteroatoms. The van der Waals surface area contributed by atoms with Gasteiger partial charge in [-0.05, 0) is 47.9 Å². The molecule has 132 valence electrons. The van der Waals surface area contributed by atoms with E-state index in [-0.39, 0.29) is 5.56 Å². The van der Waals surface area contributed by atoms with Crippen molar-refractivity contribution < 1.29 is 9.18 Å². The summed E-state index contributed by atoms with van der Waals surface area (Å²) in [5.41, 5.74) is 2.75. The first-order chi connectivity index (χ1) is 12.5. The van der Waals surface area contributed by atoms with Gasteiger partial charge in [0.15, 0.2) is 0 Å². The molecule has 0 radical (unpaired) electrons. The molecule has 0 unspecified atom stereocenters. The number of carbonyl (C=O) groups excluding carboxylic acids is 1. The van der Waals surface area contributed by atoms with E-state index in [9.17, 15) is 9.18 Å². The fourth-order valence-corrected chi connectivity index (χ4v) is 2.83. The zero-order valence-electron chi connectivity index (χ0n) is 14.5. The van der Waals surface area contributed by atoms with Gasteiger partial charge in [0.2, 0.25) is 0 Å². The van der Waals surface area contributed by atoms with Gasteiger partial charge in [-0.25, -0.2) is 4.39 Å². The van der Waals surface area contributed by atoms with Crippen LogP contribution in [-0.4, -0.2) is 10.9 Å². The monoisotopic (exact) mass is 368 g/mol. The van der Waals surface area contributed by atoms with Gasteiger partial charge in [0.1, 0.15) is 5.82 Å². The van der Waals surface area contributed by atoms with Crippen LogP contribution < -0.4 is 5.32 Å². The Labute approximate surface area is 156 Å². The second-order valence-electron chi connectivity index (χ2n) is 6.26. The lowest BCUT2D eigenvalue weighted by atomic mass is 10.0. The molecular weight excluding hydrogens is 351 g/mol. The SMILES string of the molecule is CC(C)c1ccc(NC(=O)c2ccc(-c3ncccc3Cl)cc2F)cc1. The molecule has 1 aromatic heterocycles. The summed E-state index contributed by atoms with van der Waals surface area (Å²) in [5.74, 6) is -0.720. The number of anilines is 1. The van der Waals surface area contributed by atoms with Crippen LogP contribution in [0.2, 0.25) is 5.02 Å². The average molecular weight is 369 g/mol. The highest BCUT2D eigenvalue weighted by Crippen LogP contribution is 2.27. The number of benzene rings is 2. The summed E-state index contributed by atoms with van der Waals surface area (Å²) in [5, 5.41) is 3.14. The fraction of sp³-hybridized carbons (Fsp3) is 0.143. The highest BCUT2D eigenvalue weighted by molar-refractivity contribution is 6.33. The first kappa shape index (κ1) is 18.1. The van der Waals surface area contributed by atoms with E-state index in [1.54, 1.807) is 24.4 Å². The third kappa shape index (κ3) is 3.92. The predicted molar refractivity (Wildman–Crippen MR) is 103 cm³/mol. The molecule has 1 heterocycles. The third-order valence-corrected chi connectivity index (χ3v) is 4.39. The number of aromatic nitrogens is 1. The van der Waals surface area contributed by atoms with E-state index in [4.69, 9.17) is 11.6 Å². The van der Waals surface area contributed by atoms with Gasteiger partial charge in [-0.3, -0.25) is 9.78 Å². The van der Waals surface area contributed by atoms with Crippen LogP contribution in [0.1, 0.15) is 35.7 Å². The number of nitrogens with zero attached hydrogens (tertiary/aromatic N) is 1. The normalized spacial score (nSPS) is 10.8. The molecule has 1 N–H and O–H groups in total. The van der Waals surface area contributed by atoms with Gasteiger partial charge in [-0.15, -0.1) is 0 Å². The first-order valence-corrected chi connectivity index (χ1v) is 8.65. The molecule has 3 nitrogen and oxygen atoms in total. The number of nitrogens with one attached hydrogen (secondary N) is 1.